The Morgan fingerprint density at radius 3 is 2.25 bits per heavy atom. The Labute approximate surface area is 215 Å². The van der Waals surface area contributed by atoms with Gasteiger partial charge in [0.2, 0.25) is 17.7 Å². The van der Waals surface area contributed by atoms with Crippen molar-refractivity contribution in [2.75, 3.05) is 5.75 Å². The predicted molar refractivity (Wildman–Crippen MR) is 138 cm³/mol. The molecule has 1 aromatic carbocycles. The van der Waals surface area contributed by atoms with Crippen LogP contribution in [-0.4, -0.2) is 74.9 Å². The Morgan fingerprint density at radius 2 is 1.67 bits per heavy atom. The van der Waals surface area contributed by atoms with Crippen molar-refractivity contribution in [2.45, 2.75) is 63.9 Å². The van der Waals surface area contributed by atoms with Gasteiger partial charge in [0, 0.05) is 22.9 Å². The summed E-state index contributed by atoms with van der Waals surface area (Å²) in [6, 6.07) is 2.81. The minimum atomic E-state index is -1.40. The number of nitrogens with two attached hydrogens (primary N) is 1. The van der Waals surface area contributed by atoms with Crippen LogP contribution in [0.3, 0.4) is 0 Å². The van der Waals surface area contributed by atoms with E-state index in [0.717, 1.165) is 16.5 Å². The van der Waals surface area contributed by atoms with E-state index in [1.54, 1.807) is 20.0 Å². The topological polar surface area (TPSA) is 187 Å². The molecular formula is C24H35N5O6S. The highest BCUT2D eigenvalue weighted by Gasteiger charge is 2.33. The number of benzene rings is 1. The molecule has 0 spiro atoms. The first-order valence-electron chi connectivity index (χ1n) is 11.7. The van der Waals surface area contributed by atoms with Crippen molar-refractivity contribution >= 4 is 47.2 Å². The average Bonchev–Trinajstić information content (AvgIpc) is 3.25. The van der Waals surface area contributed by atoms with Crippen LogP contribution in [0.15, 0.2) is 30.5 Å². The van der Waals surface area contributed by atoms with Gasteiger partial charge in [0.25, 0.3) is 0 Å². The van der Waals surface area contributed by atoms with Crippen molar-refractivity contribution in [1.29, 1.82) is 0 Å². The molecule has 2 aromatic rings. The van der Waals surface area contributed by atoms with E-state index < -0.39 is 54.0 Å². The van der Waals surface area contributed by atoms with Gasteiger partial charge in [0.15, 0.2) is 0 Å². The highest BCUT2D eigenvalue weighted by molar-refractivity contribution is 7.80. The quantitative estimate of drug-likeness (QED) is 0.169. The monoisotopic (exact) mass is 521 g/mol. The molecule has 1 heterocycles. The number of carboxylic acid groups (broad SMARTS) is 1. The maximum atomic E-state index is 12.9. The summed E-state index contributed by atoms with van der Waals surface area (Å²) in [5.74, 6) is -3.90. The lowest BCUT2D eigenvalue weighted by Crippen LogP contribution is -2.60. The first-order valence-corrected chi connectivity index (χ1v) is 12.4. The molecule has 6 atom stereocenters. The number of fused-ring (bicyclic) bond motifs is 1. The van der Waals surface area contributed by atoms with E-state index >= 15 is 0 Å². The van der Waals surface area contributed by atoms with Crippen molar-refractivity contribution < 1.29 is 29.4 Å². The van der Waals surface area contributed by atoms with Crippen LogP contribution in [0.25, 0.3) is 10.9 Å². The molecule has 0 fully saturated rings. The van der Waals surface area contributed by atoms with Gasteiger partial charge in [-0.15, -0.1) is 0 Å². The lowest BCUT2D eigenvalue weighted by Gasteiger charge is -2.26. The molecule has 2 rings (SSSR count). The molecule has 6 unspecified atom stereocenters. The number of aliphatic hydroxyl groups excluding tert-OH is 1. The largest absolute Gasteiger partial charge is 0.480 e. The summed E-state index contributed by atoms with van der Waals surface area (Å²) in [4.78, 5) is 52.9. The second-order valence-electron chi connectivity index (χ2n) is 8.85. The van der Waals surface area contributed by atoms with Gasteiger partial charge in [-0.05, 0) is 30.9 Å². The zero-order valence-corrected chi connectivity index (χ0v) is 21.4. The van der Waals surface area contributed by atoms with E-state index in [9.17, 15) is 29.4 Å². The fraction of sp³-hybridized carbons (Fsp3) is 0.500. The van der Waals surface area contributed by atoms with Crippen molar-refractivity contribution in [1.82, 2.24) is 20.9 Å². The van der Waals surface area contributed by atoms with Gasteiger partial charge in [0.05, 0.1) is 12.1 Å². The van der Waals surface area contributed by atoms with Crippen molar-refractivity contribution in [3.8, 4) is 0 Å². The Hall–Kier alpha value is -3.09. The number of carbonyl (C=O) groups is 4. The number of hydrogen-bond donors (Lipinski definition) is 8. The lowest BCUT2D eigenvalue weighted by molar-refractivity contribution is -0.143. The Bertz CT molecular complexity index is 1070. The maximum absolute atomic E-state index is 12.9. The minimum Gasteiger partial charge on any atom is -0.480 e. The molecular weight excluding hydrogens is 486 g/mol. The lowest BCUT2D eigenvalue weighted by atomic mass is 9.99. The van der Waals surface area contributed by atoms with Crippen LogP contribution in [-0.2, 0) is 25.6 Å². The molecule has 3 amide bonds. The van der Waals surface area contributed by atoms with E-state index in [0.29, 0.717) is 6.42 Å². The number of nitrogens with one attached hydrogen (secondary N) is 4. The van der Waals surface area contributed by atoms with Gasteiger partial charge in [-0.1, -0.05) is 38.5 Å². The number of carboxylic acids is 1. The molecule has 0 saturated carbocycles. The number of thiol groups is 1. The molecule has 0 radical (unpaired) electrons. The van der Waals surface area contributed by atoms with Crippen LogP contribution in [0, 0.1) is 5.92 Å². The van der Waals surface area contributed by atoms with E-state index in [1.165, 1.54) is 6.92 Å². The van der Waals surface area contributed by atoms with E-state index in [4.69, 9.17) is 5.73 Å². The minimum absolute atomic E-state index is 0.134. The SMILES string of the molecule is CCC(C)C(NC(=O)C(CS)NC(=O)C(NC(=O)C(N)Cc1c[nH]c2ccccc12)C(C)O)C(=O)O. The van der Waals surface area contributed by atoms with Crippen molar-refractivity contribution in [3.63, 3.8) is 0 Å². The molecule has 12 heteroatoms. The highest BCUT2D eigenvalue weighted by Crippen LogP contribution is 2.18. The van der Waals surface area contributed by atoms with Crippen LogP contribution < -0.4 is 21.7 Å². The number of aliphatic carboxylic acids is 1. The van der Waals surface area contributed by atoms with Crippen LogP contribution in [0.4, 0.5) is 0 Å². The predicted octanol–water partition coefficient (Wildman–Crippen LogP) is -0.0666. The average molecular weight is 522 g/mol. The number of aromatic nitrogens is 1. The fourth-order valence-electron chi connectivity index (χ4n) is 3.69. The molecule has 1 aromatic heterocycles. The van der Waals surface area contributed by atoms with E-state index in [1.807, 2.05) is 24.3 Å². The third kappa shape index (κ3) is 7.45. The number of H-pyrrole nitrogens is 1. The molecule has 0 saturated heterocycles. The van der Waals surface area contributed by atoms with E-state index in [2.05, 4.69) is 33.6 Å². The second kappa shape index (κ2) is 13.3. The molecule has 0 bridgehead atoms. The van der Waals surface area contributed by atoms with Crippen LogP contribution in [0.1, 0.15) is 32.8 Å². The van der Waals surface area contributed by atoms with Crippen LogP contribution in [0.5, 0.6) is 0 Å². The normalized spacial score (nSPS) is 16.3. The molecule has 0 aliphatic rings. The fourth-order valence-corrected chi connectivity index (χ4v) is 3.95. The van der Waals surface area contributed by atoms with Crippen LogP contribution in [0.2, 0.25) is 0 Å². The van der Waals surface area contributed by atoms with Gasteiger partial charge in [0.1, 0.15) is 18.1 Å². The smallest absolute Gasteiger partial charge is 0.326 e. The number of carbonyl (C=O) groups excluding carboxylic acids is 3. The van der Waals surface area contributed by atoms with Gasteiger partial charge in [-0.3, -0.25) is 14.4 Å². The molecule has 198 valence electrons. The van der Waals surface area contributed by atoms with E-state index in [-0.39, 0.29) is 18.1 Å². The Kier molecular flexibility index (Phi) is 10.8. The summed E-state index contributed by atoms with van der Waals surface area (Å²) in [6.07, 6.45) is 1.17. The summed E-state index contributed by atoms with van der Waals surface area (Å²) in [5, 5.41) is 27.7. The molecule has 8 N–H and O–H groups in total. The second-order valence-corrected chi connectivity index (χ2v) is 9.22. The first-order chi connectivity index (χ1) is 17.0. The Balaban J connectivity index is 2.04. The summed E-state index contributed by atoms with van der Waals surface area (Å²) in [5.41, 5.74) is 7.80. The summed E-state index contributed by atoms with van der Waals surface area (Å²) in [7, 11) is 0. The van der Waals surface area contributed by atoms with Crippen molar-refractivity contribution in [3.05, 3.63) is 36.0 Å². The Morgan fingerprint density at radius 1 is 1.03 bits per heavy atom. The number of amides is 3. The summed E-state index contributed by atoms with van der Waals surface area (Å²) >= 11 is 4.08. The zero-order chi connectivity index (χ0) is 27.0. The van der Waals surface area contributed by atoms with Gasteiger partial charge in [-0.25, -0.2) is 4.79 Å². The number of para-hydroxylation sites is 1. The van der Waals surface area contributed by atoms with Gasteiger partial charge >= 0.3 is 5.97 Å². The van der Waals surface area contributed by atoms with Gasteiger partial charge in [-0.2, -0.15) is 12.6 Å². The zero-order valence-electron chi connectivity index (χ0n) is 20.5. The standard InChI is InChI=1S/C24H35N5O6S/c1-4-12(2)19(24(34)35)28-22(32)18(11-36)27-23(33)20(13(3)30)29-21(31)16(25)9-14-10-26-17-8-6-5-7-15(14)17/h5-8,10,12-13,16,18-20,26,30,36H,4,9,11,25H2,1-3H3,(H,27,33)(H,28,32)(H,29,31)(H,34,35). The molecule has 0 aliphatic carbocycles. The number of aliphatic hydroxyl groups is 1. The highest BCUT2D eigenvalue weighted by atomic mass is 32.1. The summed E-state index contributed by atoms with van der Waals surface area (Å²) < 4.78 is 0. The first kappa shape index (κ1) is 29.1. The molecule has 11 nitrogen and oxygen atoms in total. The molecule has 0 aliphatic heterocycles. The number of rotatable bonds is 13. The summed E-state index contributed by atoms with van der Waals surface area (Å²) in [6.45, 7) is 4.80. The van der Waals surface area contributed by atoms with Crippen LogP contribution >= 0.6 is 12.6 Å². The number of aromatic amines is 1. The van der Waals surface area contributed by atoms with Crippen molar-refractivity contribution in [2.24, 2.45) is 11.7 Å². The third-order valence-electron chi connectivity index (χ3n) is 6.11. The molecule has 36 heavy (non-hydrogen) atoms. The number of hydrogen-bond acceptors (Lipinski definition) is 7. The maximum Gasteiger partial charge on any atom is 0.326 e. The third-order valence-corrected chi connectivity index (χ3v) is 6.47. The van der Waals surface area contributed by atoms with Gasteiger partial charge < -0.3 is 36.9 Å².